The second-order valence-corrected chi connectivity index (χ2v) is 7.13. The van der Waals surface area contributed by atoms with Gasteiger partial charge >= 0.3 is 0 Å². The molecule has 0 spiro atoms. The van der Waals surface area contributed by atoms with Crippen LogP contribution in [-0.2, 0) is 15.6 Å². The number of halogens is 1. The van der Waals surface area contributed by atoms with Crippen LogP contribution in [0.2, 0.25) is 0 Å². The average Bonchev–Trinajstić information content (AvgIpc) is 2.32. The van der Waals surface area contributed by atoms with E-state index in [1.54, 1.807) is 31.3 Å². The van der Waals surface area contributed by atoms with E-state index in [0.717, 1.165) is 10.0 Å². The Morgan fingerprint density at radius 2 is 2.05 bits per heavy atom. The number of hydrogen-bond donors (Lipinski definition) is 1. The van der Waals surface area contributed by atoms with E-state index in [0.29, 0.717) is 11.3 Å². The summed E-state index contributed by atoms with van der Waals surface area (Å²) >= 11 is 3.27. The molecular formula is C13H13BrN2O2S. The van der Waals surface area contributed by atoms with Gasteiger partial charge in [-0.2, -0.15) is 0 Å². The second-order valence-electron chi connectivity index (χ2n) is 4.26. The van der Waals surface area contributed by atoms with Gasteiger partial charge in [0.05, 0.1) is 16.3 Å². The van der Waals surface area contributed by atoms with Gasteiger partial charge in [0.1, 0.15) is 0 Å². The Bertz CT molecular complexity index is 714. The molecule has 0 unspecified atom stereocenters. The van der Waals surface area contributed by atoms with Crippen molar-refractivity contribution in [2.24, 2.45) is 0 Å². The molecule has 0 fully saturated rings. The Labute approximate surface area is 120 Å². The molecule has 0 radical (unpaired) electrons. The quantitative estimate of drug-likeness (QED) is 0.872. The number of benzene rings is 1. The van der Waals surface area contributed by atoms with Crippen LogP contribution < -0.4 is 5.73 Å². The van der Waals surface area contributed by atoms with Gasteiger partial charge in [-0.05, 0) is 46.1 Å². The maximum absolute atomic E-state index is 12.4. The number of nitrogen functional groups attached to an aromatic ring is 1. The molecule has 1 heterocycles. The first kappa shape index (κ1) is 14.0. The molecule has 1 aromatic carbocycles. The number of para-hydroxylation sites is 1. The fourth-order valence-corrected chi connectivity index (χ4v) is 3.70. The SMILES string of the molecule is Cc1cccc(S(=O)(=O)Cc2cncc(Br)c2)c1N. The van der Waals surface area contributed by atoms with Crippen molar-refractivity contribution in [2.75, 3.05) is 5.73 Å². The molecule has 0 aliphatic rings. The fourth-order valence-electron chi connectivity index (χ4n) is 1.76. The van der Waals surface area contributed by atoms with E-state index in [-0.39, 0.29) is 10.6 Å². The molecule has 100 valence electrons. The highest BCUT2D eigenvalue weighted by Crippen LogP contribution is 2.25. The van der Waals surface area contributed by atoms with Crippen LogP contribution in [0.4, 0.5) is 5.69 Å². The third-order valence-corrected chi connectivity index (χ3v) is 4.91. The van der Waals surface area contributed by atoms with E-state index >= 15 is 0 Å². The molecule has 2 N–H and O–H groups in total. The Hall–Kier alpha value is -1.40. The first-order valence-electron chi connectivity index (χ1n) is 5.57. The van der Waals surface area contributed by atoms with E-state index < -0.39 is 9.84 Å². The molecule has 0 saturated carbocycles. The Balaban J connectivity index is 2.41. The van der Waals surface area contributed by atoms with Gasteiger partial charge in [-0.25, -0.2) is 8.42 Å². The highest BCUT2D eigenvalue weighted by Gasteiger charge is 2.19. The normalized spacial score (nSPS) is 11.5. The molecule has 0 atom stereocenters. The molecular weight excluding hydrogens is 328 g/mol. The van der Waals surface area contributed by atoms with Crippen LogP contribution in [-0.4, -0.2) is 13.4 Å². The molecule has 6 heteroatoms. The van der Waals surface area contributed by atoms with Crippen LogP contribution in [0.3, 0.4) is 0 Å². The minimum Gasteiger partial charge on any atom is -0.397 e. The van der Waals surface area contributed by atoms with Crippen molar-refractivity contribution in [2.45, 2.75) is 17.6 Å². The number of sulfone groups is 1. The molecule has 19 heavy (non-hydrogen) atoms. The maximum Gasteiger partial charge on any atom is 0.184 e. The van der Waals surface area contributed by atoms with E-state index in [9.17, 15) is 8.42 Å². The van der Waals surface area contributed by atoms with Gasteiger partial charge in [0.2, 0.25) is 0 Å². The summed E-state index contributed by atoms with van der Waals surface area (Å²) in [6.45, 7) is 1.79. The third kappa shape index (κ3) is 3.13. The Morgan fingerprint density at radius 3 is 2.74 bits per heavy atom. The maximum atomic E-state index is 12.4. The third-order valence-electron chi connectivity index (χ3n) is 2.74. The number of nitrogens with zero attached hydrogens (tertiary/aromatic N) is 1. The molecule has 2 aromatic rings. The predicted octanol–water partition coefficient (Wildman–Crippen LogP) is 2.71. The smallest absolute Gasteiger partial charge is 0.184 e. The molecule has 4 nitrogen and oxygen atoms in total. The topological polar surface area (TPSA) is 73.0 Å². The highest BCUT2D eigenvalue weighted by molar-refractivity contribution is 9.10. The molecule has 0 aliphatic heterocycles. The molecule has 0 aliphatic carbocycles. The average molecular weight is 341 g/mol. The van der Waals surface area contributed by atoms with Crippen molar-refractivity contribution in [3.8, 4) is 0 Å². The second kappa shape index (κ2) is 5.30. The number of aromatic nitrogens is 1. The summed E-state index contributed by atoms with van der Waals surface area (Å²) < 4.78 is 25.5. The van der Waals surface area contributed by atoms with Gasteiger partial charge in [0.15, 0.2) is 9.84 Å². The standard InChI is InChI=1S/C13H13BrN2O2S/c1-9-3-2-4-12(13(9)15)19(17,18)8-10-5-11(14)7-16-6-10/h2-7H,8,15H2,1H3. The molecule has 1 aromatic heterocycles. The summed E-state index contributed by atoms with van der Waals surface area (Å²) in [6, 6.07) is 6.74. The van der Waals surface area contributed by atoms with Crippen LogP contribution in [0.25, 0.3) is 0 Å². The fraction of sp³-hybridized carbons (Fsp3) is 0.154. The van der Waals surface area contributed by atoms with Crippen molar-refractivity contribution >= 4 is 31.5 Å². The van der Waals surface area contributed by atoms with Crippen molar-refractivity contribution in [3.63, 3.8) is 0 Å². The van der Waals surface area contributed by atoms with Crippen LogP contribution in [0.1, 0.15) is 11.1 Å². The van der Waals surface area contributed by atoms with Gasteiger partial charge in [-0.3, -0.25) is 4.98 Å². The molecule has 2 rings (SSSR count). The lowest BCUT2D eigenvalue weighted by atomic mass is 10.2. The molecule has 0 bridgehead atoms. The lowest BCUT2D eigenvalue weighted by molar-refractivity contribution is 0.595. The minimum atomic E-state index is -3.47. The zero-order chi connectivity index (χ0) is 14.0. The number of pyridine rings is 1. The van der Waals surface area contributed by atoms with Gasteiger partial charge in [0, 0.05) is 16.9 Å². The zero-order valence-electron chi connectivity index (χ0n) is 10.3. The van der Waals surface area contributed by atoms with Gasteiger partial charge in [-0.15, -0.1) is 0 Å². The number of aryl methyl sites for hydroxylation is 1. The summed E-state index contributed by atoms with van der Waals surface area (Å²) in [7, 11) is -3.47. The highest BCUT2D eigenvalue weighted by atomic mass is 79.9. The number of anilines is 1. The van der Waals surface area contributed by atoms with Gasteiger partial charge in [-0.1, -0.05) is 12.1 Å². The van der Waals surface area contributed by atoms with E-state index in [4.69, 9.17) is 5.73 Å². The van der Waals surface area contributed by atoms with Crippen molar-refractivity contribution in [3.05, 3.63) is 52.3 Å². The Morgan fingerprint density at radius 1 is 1.32 bits per heavy atom. The van der Waals surface area contributed by atoms with Crippen LogP contribution in [0, 0.1) is 6.92 Å². The number of hydrogen-bond acceptors (Lipinski definition) is 4. The predicted molar refractivity (Wildman–Crippen MR) is 78.4 cm³/mol. The summed E-state index contributed by atoms with van der Waals surface area (Å²) in [5.41, 5.74) is 7.54. The summed E-state index contributed by atoms with van der Waals surface area (Å²) in [5, 5.41) is 0. The van der Waals surface area contributed by atoms with Crippen molar-refractivity contribution in [1.29, 1.82) is 0 Å². The molecule has 0 saturated heterocycles. The van der Waals surface area contributed by atoms with E-state index in [1.165, 1.54) is 12.3 Å². The van der Waals surface area contributed by atoms with Gasteiger partial charge in [0.25, 0.3) is 0 Å². The minimum absolute atomic E-state index is 0.118. The van der Waals surface area contributed by atoms with Crippen LogP contribution in [0.15, 0.2) is 46.0 Å². The first-order valence-corrected chi connectivity index (χ1v) is 8.02. The van der Waals surface area contributed by atoms with E-state index in [2.05, 4.69) is 20.9 Å². The van der Waals surface area contributed by atoms with Gasteiger partial charge < -0.3 is 5.73 Å². The molecule has 0 amide bonds. The number of nitrogens with two attached hydrogens (primary N) is 1. The van der Waals surface area contributed by atoms with Crippen LogP contribution >= 0.6 is 15.9 Å². The lowest BCUT2D eigenvalue weighted by Crippen LogP contribution is -2.09. The summed E-state index contributed by atoms with van der Waals surface area (Å²) in [6.07, 6.45) is 3.14. The zero-order valence-corrected chi connectivity index (χ0v) is 12.7. The largest absolute Gasteiger partial charge is 0.397 e. The monoisotopic (exact) mass is 340 g/mol. The van der Waals surface area contributed by atoms with Crippen LogP contribution in [0.5, 0.6) is 0 Å². The van der Waals surface area contributed by atoms with Crippen molar-refractivity contribution < 1.29 is 8.42 Å². The Kier molecular flexibility index (Phi) is 3.91. The number of rotatable bonds is 3. The van der Waals surface area contributed by atoms with Crippen molar-refractivity contribution in [1.82, 2.24) is 4.98 Å². The van der Waals surface area contributed by atoms with E-state index in [1.807, 2.05) is 0 Å². The summed E-state index contributed by atoms with van der Waals surface area (Å²) in [4.78, 5) is 4.13. The lowest BCUT2D eigenvalue weighted by Gasteiger charge is -2.09. The first-order chi connectivity index (χ1) is 8.90. The summed E-state index contributed by atoms with van der Waals surface area (Å²) in [5.74, 6) is -0.118.